The number of hydrogen-bond acceptors (Lipinski definition) is 2. The summed E-state index contributed by atoms with van der Waals surface area (Å²) in [6.45, 7) is 10.8. The number of nitrogens with zero attached hydrogens (tertiary/aromatic N) is 1. The third-order valence-corrected chi connectivity index (χ3v) is 4.11. The average molecular weight is 262 g/mol. The largest absolute Gasteiger partial charge is 0.330 e. The van der Waals surface area contributed by atoms with E-state index in [9.17, 15) is 0 Å². The van der Waals surface area contributed by atoms with E-state index >= 15 is 0 Å². The molecule has 0 bridgehead atoms. The lowest BCUT2D eigenvalue weighted by molar-refractivity contribution is 0.251. The molecule has 0 aliphatic heterocycles. The Kier molecular flexibility index (Phi) is 6.53. The molecule has 0 aromatic heterocycles. The van der Waals surface area contributed by atoms with Crippen LogP contribution in [0.1, 0.15) is 49.8 Å². The molecule has 1 aromatic carbocycles. The Balaban J connectivity index is 2.64. The fraction of sp³-hybridized carbons (Fsp3) is 0.647. The molecule has 0 aliphatic carbocycles. The minimum Gasteiger partial charge on any atom is -0.330 e. The standard InChI is InChI=1S/C17H30N2/c1-13(2)16-7-6-14(3)17(12-16)9-11-19(5)15(4)8-10-18/h6-7,12-13,15H,8-11,18H2,1-5H3. The van der Waals surface area contributed by atoms with Crippen LogP contribution in [0.2, 0.25) is 0 Å². The van der Waals surface area contributed by atoms with E-state index in [4.69, 9.17) is 5.73 Å². The fourth-order valence-corrected chi connectivity index (χ4v) is 2.30. The molecule has 2 N–H and O–H groups in total. The summed E-state index contributed by atoms with van der Waals surface area (Å²) in [7, 11) is 2.20. The van der Waals surface area contributed by atoms with E-state index in [1.807, 2.05) is 0 Å². The van der Waals surface area contributed by atoms with Gasteiger partial charge in [-0.15, -0.1) is 0 Å². The molecule has 1 unspecified atom stereocenters. The molecule has 1 aromatic rings. The van der Waals surface area contributed by atoms with Crippen LogP contribution in [-0.2, 0) is 6.42 Å². The maximum atomic E-state index is 5.63. The highest BCUT2D eigenvalue weighted by Crippen LogP contribution is 2.19. The van der Waals surface area contributed by atoms with Gasteiger partial charge in [-0.2, -0.15) is 0 Å². The van der Waals surface area contributed by atoms with Crippen molar-refractivity contribution in [2.45, 2.75) is 52.5 Å². The zero-order valence-electron chi connectivity index (χ0n) is 13.2. The van der Waals surface area contributed by atoms with Crippen LogP contribution >= 0.6 is 0 Å². The van der Waals surface area contributed by atoms with Gasteiger partial charge in [-0.3, -0.25) is 0 Å². The van der Waals surface area contributed by atoms with Crippen molar-refractivity contribution in [3.63, 3.8) is 0 Å². The topological polar surface area (TPSA) is 29.3 Å². The number of benzene rings is 1. The zero-order chi connectivity index (χ0) is 14.4. The SMILES string of the molecule is Cc1ccc(C(C)C)cc1CCN(C)C(C)CCN. The summed E-state index contributed by atoms with van der Waals surface area (Å²) < 4.78 is 0. The van der Waals surface area contributed by atoms with Crippen molar-refractivity contribution in [3.05, 3.63) is 34.9 Å². The van der Waals surface area contributed by atoms with Crippen LogP contribution in [0.15, 0.2) is 18.2 Å². The second-order valence-electron chi connectivity index (χ2n) is 6.00. The van der Waals surface area contributed by atoms with Crippen LogP contribution in [0.4, 0.5) is 0 Å². The van der Waals surface area contributed by atoms with E-state index < -0.39 is 0 Å². The van der Waals surface area contributed by atoms with Gasteiger partial charge in [0.1, 0.15) is 0 Å². The highest BCUT2D eigenvalue weighted by atomic mass is 15.1. The van der Waals surface area contributed by atoms with Gasteiger partial charge < -0.3 is 10.6 Å². The summed E-state index contributed by atoms with van der Waals surface area (Å²) in [4.78, 5) is 2.41. The molecule has 0 radical (unpaired) electrons. The van der Waals surface area contributed by atoms with Crippen molar-refractivity contribution in [2.75, 3.05) is 20.1 Å². The third kappa shape index (κ3) is 4.96. The van der Waals surface area contributed by atoms with E-state index in [2.05, 4.69) is 57.8 Å². The minimum absolute atomic E-state index is 0.568. The van der Waals surface area contributed by atoms with Crippen LogP contribution < -0.4 is 5.73 Å². The summed E-state index contributed by atoms with van der Waals surface area (Å²) in [5.41, 5.74) is 9.96. The maximum absolute atomic E-state index is 5.63. The lowest BCUT2D eigenvalue weighted by Crippen LogP contribution is -2.32. The van der Waals surface area contributed by atoms with Crippen molar-refractivity contribution < 1.29 is 0 Å². The van der Waals surface area contributed by atoms with E-state index in [-0.39, 0.29) is 0 Å². The maximum Gasteiger partial charge on any atom is 0.00760 e. The second-order valence-corrected chi connectivity index (χ2v) is 6.00. The number of nitrogens with two attached hydrogens (primary N) is 1. The molecule has 1 rings (SSSR count). The van der Waals surface area contributed by atoms with Crippen LogP contribution in [0, 0.1) is 6.92 Å². The Bertz CT molecular complexity index is 385. The van der Waals surface area contributed by atoms with E-state index in [0.717, 1.165) is 25.9 Å². The van der Waals surface area contributed by atoms with Crippen molar-refractivity contribution >= 4 is 0 Å². The number of likely N-dealkylation sites (N-methyl/N-ethyl adjacent to an activating group) is 1. The molecule has 0 fully saturated rings. The lowest BCUT2D eigenvalue weighted by Gasteiger charge is -2.24. The van der Waals surface area contributed by atoms with Gasteiger partial charge in [0, 0.05) is 12.6 Å². The van der Waals surface area contributed by atoms with Gasteiger partial charge >= 0.3 is 0 Å². The van der Waals surface area contributed by atoms with Crippen molar-refractivity contribution in [2.24, 2.45) is 5.73 Å². The first kappa shape index (κ1) is 16.2. The normalized spacial score (nSPS) is 13.3. The summed E-state index contributed by atoms with van der Waals surface area (Å²) in [6.07, 6.45) is 2.19. The molecule has 2 nitrogen and oxygen atoms in total. The fourth-order valence-electron chi connectivity index (χ4n) is 2.30. The molecule has 19 heavy (non-hydrogen) atoms. The first-order valence-corrected chi connectivity index (χ1v) is 7.45. The summed E-state index contributed by atoms with van der Waals surface area (Å²) in [6, 6.07) is 7.46. The van der Waals surface area contributed by atoms with E-state index in [1.165, 1.54) is 16.7 Å². The van der Waals surface area contributed by atoms with Gasteiger partial charge in [-0.1, -0.05) is 32.0 Å². The van der Waals surface area contributed by atoms with Crippen molar-refractivity contribution in [3.8, 4) is 0 Å². The molecular formula is C17H30N2. The van der Waals surface area contributed by atoms with E-state index in [1.54, 1.807) is 0 Å². The van der Waals surface area contributed by atoms with Crippen LogP contribution in [0.5, 0.6) is 0 Å². The lowest BCUT2D eigenvalue weighted by atomic mass is 9.96. The van der Waals surface area contributed by atoms with Gasteiger partial charge in [-0.25, -0.2) is 0 Å². The summed E-state index contributed by atoms with van der Waals surface area (Å²) >= 11 is 0. The van der Waals surface area contributed by atoms with Gasteiger partial charge in [0.25, 0.3) is 0 Å². The molecular weight excluding hydrogens is 232 g/mol. The molecule has 0 amide bonds. The predicted molar refractivity (Wildman–Crippen MR) is 84.7 cm³/mol. The van der Waals surface area contributed by atoms with Crippen LogP contribution in [0.3, 0.4) is 0 Å². The number of rotatable bonds is 7. The average Bonchev–Trinajstić information content (AvgIpc) is 2.37. The Hall–Kier alpha value is -0.860. The van der Waals surface area contributed by atoms with Gasteiger partial charge in [-0.05, 0) is 62.9 Å². The monoisotopic (exact) mass is 262 g/mol. The summed E-state index contributed by atoms with van der Waals surface area (Å²) in [5.74, 6) is 0.605. The van der Waals surface area contributed by atoms with Crippen molar-refractivity contribution in [1.29, 1.82) is 0 Å². The van der Waals surface area contributed by atoms with Crippen molar-refractivity contribution in [1.82, 2.24) is 4.90 Å². The van der Waals surface area contributed by atoms with Gasteiger partial charge in [0.05, 0.1) is 0 Å². The highest BCUT2D eigenvalue weighted by molar-refractivity contribution is 5.32. The molecule has 0 aliphatic rings. The molecule has 1 atom stereocenters. The quantitative estimate of drug-likeness (QED) is 0.816. The van der Waals surface area contributed by atoms with Crippen LogP contribution in [0.25, 0.3) is 0 Å². The van der Waals surface area contributed by atoms with Gasteiger partial charge in [0.2, 0.25) is 0 Å². The highest BCUT2D eigenvalue weighted by Gasteiger charge is 2.09. The smallest absolute Gasteiger partial charge is 0.00760 e. The Morgan fingerprint density at radius 1 is 1.21 bits per heavy atom. The Morgan fingerprint density at radius 2 is 1.89 bits per heavy atom. The van der Waals surface area contributed by atoms with E-state index in [0.29, 0.717) is 12.0 Å². The molecule has 2 heteroatoms. The Morgan fingerprint density at radius 3 is 2.47 bits per heavy atom. The molecule has 0 saturated carbocycles. The number of hydrogen-bond donors (Lipinski definition) is 1. The third-order valence-electron chi connectivity index (χ3n) is 4.11. The van der Waals surface area contributed by atoms with Crippen LogP contribution in [-0.4, -0.2) is 31.1 Å². The summed E-state index contributed by atoms with van der Waals surface area (Å²) in [5, 5.41) is 0. The number of aryl methyl sites for hydroxylation is 1. The molecule has 0 heterocycles. The first-order chi connectivity index (χ1) is 8.95. The van der Waals surface area contributed by atoms with Gasteiger partial charge in [0.15, 0.2) is 0 Å². The molecule has 0 spiro atoms. The zero-order valence-corrected chi connectivity index (χ0v) is 13.2. The Labute approximate surface area is 119 Å². The molecule has 0 saturated heterocycles. The minimum atomic E-state index is 0.568. The first-order valence-electron chi connectivity index (χ1n) is 7.45. The second kappa shape index (κ2) is 7.66. The predicted octanol–water partition coefficient (Wildman–Crippen LogP) is 3.33. The molecule has 108 valence electrons.